The number of carbonyl (C=O) groups excluding carboxylic acids is 1. The lowest BCUT2D eigenvalue weighted by atomic mass is 10.3. The minimum Gasteiger partial charge on any atom is -0.382 e. The summed E-state index contributed by atoms with van der Waals surface area (Å²) < 4.78 is 55.6. The third kappa shape index (κ3) is 7.08. The zero-order chi connectivity index (χ0) is 20.8. The van der Waals surface area contributed by atoms with Crippen molar-refractivity contribution in [2.45, 2.75) is 13.3 Å². The summed E-state index contributed by atoms with van der Waals surface area (Å²) in [6.07, 6.45) is 1.33. The maximum absolute atomic E-state index is 12.1. The lowest BCUT2D eigenvalue weighted by Gasteiger charge is -2.12. The first kappa shape index (κ1) is 21.5. The molecule has 11 heteroatoms. The van der Waals surface area contributed by atoms with E-state index in [2.05, 4.69) is 10.6 Å². The van der Waals surface area contributed by atoms with Crippen LogP contribution in [-0.2, 0) is 20.2 Å². The van der Waals surface area contributed by atoms with Gasteiger partial charge >= 0.3 is 26.3 Å². The van der Waals surface area contributed by atoms with Crippen molar-refractivity contribution in [3.63, 3.8) is 0 Å². The van der Waals surface area contributed by atoms with E-state index in [1.165, 1.54) is 36.4 Å². The first-order chi connectivity index (χ1) is 13.1. The second kappa shape index (κ2) is 8.93. The molecular weight excluding hydrogens is 408 g/mol. The molecule has 152 valence electrons. The van der Waals surface area contributed by atoms with Crippen molar-refractivity contribution in [1.82, 2.24) is 0 Å². The lowest BCUT2D eigenvalue weighted by Crippen LogP contribution is -2.20. The monoisotopic (exact) mass is 428 g/mol. The van der Waals surface area contributed by atoms with E-state index in [9.17, 15) is 21.6 Å². The summed E-state index contributed by atoms with van der Waals surface area (Å²) in [6.45, 7) is 1.73. The molecule has 28 heavy (non-hydrogen) atoms. The normalized spacial score (nSPS) is 11.5. The number of amides is 2. The molecule has 0 bridgehead atoms. The van der Waals surface area contributed by atoms with Crippen LogP contribution in [0.1, 0.15) is 13.3 Å². The second-order valence-electron chi connectivity index (χ2n) is 5.73. The average Bonchev–Trinajstić information content (AvgIpc) is 2.57. The highest BCUT2D eigenvalue weighted by atomic mass is 32.2. The molecule has 0 aromatic heterocycles. The van der Waals surface area contributed by atoms with Gasteiger partial charge in [0.25, 0.3) is 0 Å². The fraction of sp³-hybridized carbons (Fsp3) is 0.235. The highest BCUT2D eigenvalue weighted by molar-refractivity contribution is 7.87. The Bertz CT molecular complexity index is 1030. The van der Waals surface area contributed by atoms with Crippen molar-refractivity contribution in [3.8, 4) is 11.5 Å². The Balaban J connectivity index is 2.03. The molecule has 0 saturated carbocycles. The Morgan fingerprint density at radius 3 is 2.18 bits per heavy atom. The molecule has 0 saturated heterocycles. The molecule has 2 aromatic carbocycles. The van der Waals surface area contributed by atoms with Gasteiger partial charge in [0.2, 0.25) is 0 Å². The molecular formula is C17H20N2O7S2. The van der Waals surface area contributed by atoms with Crippen LogP contribution in [0.25, 0.3) is 0 Å². The summed E-state index contributed by atoms with van der Waals surface area (Å²) in [7, 11) is -7.40. The minimum atomic E-state index is -3.75. The number of benzene rings is 2. The van der Waals surface area contributed by atoms with Gasteiger partial charge in [-0.25, -0.2) is 4.79 Å². The summed E-state index contributed by atoms with van der Waals surface area (Å²) in [5.74, 6) is 0.0148. The molecule has 0 atom stereocenters. The van der Waals surface area contributed by atoms with Gasteiger partial charge in [-0.05, 0) is 42.8 Å². The summed E-state index contributed by atoms with van der Waals surface area (Å²) in [4.78, 5) is 12.1. The van der Waals surface area contributed by atoms with Crippen molar-refractivity contribution >= 4 is 37.6 Å². The van der Waals surface area contributed by atoms with E-state index in [-0.39, 0.29) is 22.9 Å². The van der Waals surface area contributed by atoms with E-state index in [1.54, 1.807) is 19.1 Å². The molecule has 2 aromatic rings. The molecule has 0 aliphatic rings. The van der Waals surface area contributed by atoms with Gasteiger partial charge in [-0.2, -0.15) is 16.8 Å². The van der Waals surface area contributed by atoms with Gasteiger partial charge in [0, 0.05) is 5.69 Å². The van der Waals surface area contributed by atoms with Crippen LogP contribution in [0.2, 0.25) is 0 Å². The standard InChI is InChI=1S/C17H20N2O7S2/c1-3-12-28(23,24)25-14-10-8-13(9-11-14)18-17(20)19-15-6-4-5-7-16(15)26-27(2,21)22/h4-11H,3,12H2,1-2H3,(H2,18,19,20). The van der Waals surface area contributed by atoms with E-state index < -0.39 is 26.3 Å². The molecule has 2 amide bonds. The van der Waals surface area contributed by atoms with Gasteiger partial charge in [0.05, 0.1) is 17.7 Å². The van der Waals surface area contributed by atoms with E-state index in [0.717, 1.165) is 6.26 Å². The first-order valence-electron chi connectivity index (χ1n) is 8.17. The van der Waals surface area contributed by atoms with E-state index in [0.29, 0.717) is 12.1 Å². The molecule has 0 spiro atoms. The van der Waals surface area contributed by atoms with Crippen molar-refractivity contribution in [2.24, 2.45) is 0 Å². The van der Waals surface area contributed by atoms with Crippen molar-refractivity contribution in [2.75, 3.05) is 22.6 Å². The fourth-order valence-corrected chi connectivity index (χ4v) is 3.58. The number of anilines is 2. The van der Waals surface area contributed by atoms with Crippen LogP contribution in [0.5, 0.6) is 11.5 Å². The second-order valence-corrected chi connectivity index (χ2v) is 9.00. The van der Waals surface area contributed by atoms with Crippen LogP contribution >= 0.6 is 0 Å². The third-order valence-corrected chi connectivity index (χ3v) is 5.00. The molecule has 0 aliphatic heterocycles. The van der Waals surface area contributed by atoms with Gasteiger partial charge in [-0.3, -0.25) is 0 Å². The zero-order valence-electron chi connectivity index (χ0n) is 15.2. The Morgan fingerprint density at radius 1 is 0.929 bits per heavy atom. The number of para-hydroxylation sites is 2. The molecule has 0 aliphatic carbocycles. The highest BCUT2D eigenvalue weighted by Crippen LogP contribution is 2.25. The van der Waals surface area contributed by atoms with E-state index in [1.807, 2.05) is 0 Å². The summed E-state index contributed by atoms with van der Waals surface area (Å²) in [6, 6.07) is 11.2. The van der Waals surface area contributed by atoms with Gasteiger partial charge in [-0.15, -0.1) is 0 Å². The summed E-state index contributed by atoms with van der Waals surface area (Å²) in [5.41, 5.74) is 0.537. The Hall–Kier alpha value is -2.79. The van der Waals surface area contributed by atoms with Crippen LogP contribution in [0.3, 0.4) is 0 Å². The Labute approximate surface area is 163 Å². The van der Waals surface area contributed by atoms with Gasteiger partial charge in [0.15, 0.2) is 5.75 Å². The predicted molar refractivity (Wildman–Crippen MR) is 106 cm³/mol. The van der Waals surface area contributed by atoms with Crippen LogP contribution in [-0.4, -0.2) is 34.9 Å². The number of urea groups is 1. The van der Waals surface area contributed by atoms with Gasteiger partial charge in [0.1, 0.15) is 5.75 Å². The van der Waals surface area contributed by atoms with E-state index in [4.69, 9.17) is 8.37 Å². The Kier molecular flexibility index (Phi) is 6.86. The zero-order valence-corrected chi connectivity index (χ0v) is 16.8. The molecule has 0 radical (unpaired) electrons. The topological polar surface area (TPSA) is 128 Å². The summed E-state index contributed by atoms with van der Waals surface area (Å²) >= 11 is 0. The average molecular weight is 428 g/mol. The largest absolute Gasteiger partial charge is 0.382 e. The molecule has 2 N–H and O–H groups in total. The predicted octanol–water partition coefficient (Wildman–Crippen LogP) is 2.79. The Morgan fingerprint density at radius 2 is 1.57 bits per heavy atom. The SMILES string of the molecule is CCCS(=O)(=O)Oc1ccc(NC(=O)Nc2ccccc2OS(C)(=O)=O)cc1. The maximum Gasteiger partial charge on any atom is 0.323 e. The molecule has 0 heterocycles. The molecule has 9 nitrogen and oxygen atoms in total. The molecule has 0 fully saturated rings. The number of carbonyl (C=O) groups is 1. The number of rotatable bonds is 8. The molecule has 0 unspecified atom stereocenters. The first-order valence-corrected chi connectivity index (χ1v) is 11.6. The third-order valence-electron chi connectivity index (χ3n) is 3.17. The van der Waals surface area contributed by atoms with Gasteiger partial charge < -0.3 is 19.0 Å². The number of nitrogens with one attached hydrogen (secondary N) is 2. The van der Waals surface area contributed by atoms with Crippen molar-refractivity contribution < 1.29 is 30.0 Å². The number of hydrogen-bond acceptors (Lipinski definition) is 7. The van der Waals surface area contributed by atoms with Crippen LogP contribution < -0.4 is 19.0 Å². The van der Waals surface area contributed by atoms with Crippen LogP contribution in [0.4, 0.5) is 16.2 Å². The lowest BCUT2D eigenvalue weighted by molar-refractivity contribution is 0.262. The fourth-order valence-electron chi connectivity index (χ4n) is 2.12. The minimum absolute atomic E-state index is 0.0231. The van der Waals surface area contributed by atoms with Gasteiger partial charge in [-0.1, -0.05) is 19.1 Å². The van der Waals surface area contributed by atoms with Crippen molar-refractivity contribution in [3.05, 3.63) is 48.5 Å². The maximum atomic E-state index is 12.1. The summed E-state index contributed by atoms with van der Waals surface area (Å²) in [5, 5.41) is 5.02. The van der Waals surface area contributed by atoms with Crippen LogP contribution in [0.15, 0.2) is 48.5 Å². The number of hydrogen-bond donors (Lipinski definition) is 2. The van der Waals surface area contributed by atoms with E-state index >= 15 is 0 Å². The quantitative estimate of drug-likeness (QED) is 0.619. The van der Waals surface area contributed by atoms with Crippen molar-refractivity contribution in [1.29, 1.82) is 0 Å². The highest BCUT2D eigenvalue weighted by Gasteiger charge is 2.13. The van der Waals surface area contributed by atoms with Crippen LogP contribution in [0, 0.1) is 0 Å². The smallest absolute Gasteiger partial charge is 0.323 e. The molecule has 2 rings (SSSR count).